The smallest absolute Gasteiger partial charge is 0.225 e. The summed E-state index contributed by atoms with van der Waals surface area (Å²) < 4.78 is 26.3. The number of sulfone groups is 1. The van der Waals surface area contributed by atoms with Crippen LogP contribution in [0, 0.1) is 13.8 Å². The van der Waals surface area contributed by atoms with E-state index in [4.69, 9.17) is 11.6 Å². The molecule has 0 unspecified atom stereocenters. The number of carbonyl (C=O) groups excluding carboxylic acids is 1. The number of fused-ring (bicyclic) bond motifs is 1. The Bertz CT molecular complexity index is 1180. The van der Waals surface area contributed by atoms with Crippen molar-refractivity contribution in [3.8, 4) is 0 Å². The van der Waals surface area contributed by atoms with E-state index in [0.29, 0.717) is 17.1 Å². The molecule has 4 nitrogen and oxygen atoms in total. The molecule has 1 amide bonds. The van der Waals surface area contributed by atoms with Crippen molar-refractivity contribution in [3.05, 3.63) is 74.4 Å². The van der Waals surface area contributed by atoms with Crippen LogP contribution in [-0.2, 0) is 14.6 Å². The van der Waals surface area contributed by atoms with Crippen LogP contribution in [0.25, 0.3) is 0 Å². The van der Waals surface area contributed by atoms with E-state index >= 15 is 0 Å². The summed E-state index contributed by atoms with van der Waals surface area (Å²) in [4.78, 5) is 13.6. The molecule has 1 aliphatic rings. The first-order chi connectivity index (χ1) is 13.3. The van der Waals surface area contributed by atoms with Gasteiger partial charge in [0.15, 0.2) is 0 Å². The molecule has 1 aromatic heterocycles. The predicted octanol–water partition coefficient (Wildman–Crippen LogP) is 5.33. The average Bonchev–Trinajstić information content (AvgIpc) is 3.08. The van der Waals surface area contributed by atoms with Gasteiger partial charge in [0.1, 0.15) is 4.90 Å². The van der Waals surface area contributed by atoms with E-state index in [9.17, 15) is 13.2 Å². The normalized spacial score (nSPS) is 16.5. The largest absolute Gasteiger partial charge is 0.324 e. The monoisotopic (exact) mass is 431 g/mol. The van der Waals surface area contributed by atoms with Crippen molar-refractivity contribution in [2.75, 3.05) is 5.32 Å². The standard InChI is InChI=1S/C21H18ClNO3S2/c1-12-3-4-13(2)16(9-12)17-10-19(24)23-20-18(11-27-21(17)20)28(25,26)15-7-5-14(22)6-8-15/h3-9,11,17H,10H2,1-2H3,(H,23,24)/t17-/m1/s1. The van der Waals surface area contributed by atoms with Crippen LogP contribution in [0.1, 0.15) is 33.9 Å². The fourth-order valence-corrected chi connectivity index (χ4v) is 6.55. The number of aryl methyl sites for hydroxylation is 2. The Hall–Kier alpha value is -2.15. The van der Waals surface area contributed by atoms with E-state index in [1.807, 2.05) is 26.0 Å². The molecular weight excluding hydrogens is 414 g/mol. The second-order valence-corrected chi connectivity index (χ2v) is 10.2. The van der Waals surface area contributed by atoms with E-state index in [-0.39, 0.29) is 21.6 Å². The molecule has 0 aliphatic carbocycles. The molecule has 144 valence electrons. The SMILES string of the molecule is Cc1ccc(C)c([C@H]2CC(=O)Nc3c(S(=O)(=O)c4ccc(Cl)cc4)csc32)c1. The van der Waals surface area contributed by atoms with E-state index in [0.717, 1.165) is 21.6 Å². The van der Waals surface area contributed by atoms with E-state index in [1.165, 1.54) is 23.5 Å². The molecule has 0 saturated carbocycles. The van der Waals surface area contributed by atoms with Crippen molar-refractivity contribution >= 4 is 44.4 Å². The maximum Gasteiger partial charge on any atom is 0.225 e. The third-order valence-corrected chi connectivity index (χ3v) is 8.27. The summed E-state index contributed by atoms with van der Waals surface area (Å²) in [5.74, 6) is -0.327. The van der Waals surface area contributed by atoms with Crippen molar-refractivity contribution in [1.29, 1.82) is 0 Å². The maximum absolute atomic E-state index is 13.2. The van der Waals surface area contributed by atoms with E-state index in [1.54, 1.807) is 17.5 Å². The van der Waals surface area contributed by atoms with Crippen molar-refractivity contribution < 1.29 is 13.2 Å². The number of benzene rings is 2. The number of hydrogen-bond donors (Lipinski definition) is 1. The van der Waals surface area contributed by atoms with Crippen LogP contribution >= 0.6 is 22.9 Å². The van der Waals surface area contributed by atoms with Gasteiger partial charge in [0.2, 0.25) is 15.7 Å². The maximum atomic E-state index is 13.2. The van der Waals surface area contributed by atoms with Gasteiger partial charge in [-0.1, -0.05) is 35.4 Å². The van der Waals surface area contributed by atoms with Gasteiger partial charge in [0.05, 0.1) is 10.6 Å². The Morgan fingerprint density at radius 1 is 1.11 bits per heavy atom. The topological polar surface area (TPSA) is 63.2 Å². The second kappa shape index (κ2) is 7.03. The van der Waals surface area contributed by atoms with Crippen LogP contribution < -0.4 is 5.32 Å². The summed E-state index contributed by atoms with van der Waals surface area (Å²) in [5, 5.41) is 4.89. The number of hydrogen-bond acceptors (Lipinski definition) is 4. The summed E-state index contributed by atoms with van der Waals surface area (Å²) in [6, 6.07) is 12.2. The Morgan fingerprint density at radius 2 is 1.82 bits per heavy atom. The molecule has 7 heteroatoms. The minimum absolute atomic E-state index is 0.137. The van der Waals surface area contributed by atoms with Crippen LogP contribution in [-0.4, -0.2) is 14.3 Å². The van der Waals surface area contributed by atoms with Crippen LogP contribution in [0.2, 0.25) is 5.02 Å². The summed E-state index contributed by atoms with van der Waals surface area (Å²) in [6.07, 6.45) is 0.304. The van der Waals surface area contributed by atoms with Gasteiger partial charge >= 0.3 is 0 Å². The van der Waals surface area contributed by atoms with Gasteiger partial charge in [-0.15, -0.1) is 11.3 Å². The predicted molar refractivity (Wildman–Crippen MR) is 112 cm³/mol. The van der Waals surface area contributed by atoms with Gasteiger partial charge in [0, 0.05) is 27.6 Å². The highest BCUT2D eigenvalue weighted by Crippen LogP contribution is 2.46. The molecule has 4 rings (SSSR count). The number of carbonyl (C=O) groups is 1. The van der Waals surface area contributed by atoms with Crippen LogP contribution in [0.3, 0.4) is 0 Å². The molecule has 1 atom stereocenters. The summed E-state index contributed by atoms with van der Waals surface area (Å²) in [7, 11) is -3.76. The first-order valence-electron chi connectivity index (χ1n) is 8.76. The van der Waals surface area contributed by atoms with Gasteiger partial charge in [-0.25, -0.2) is 8.42 Å². The minimum atomic E-state index is -3.76. The quantitative estimate of drug-likeness (QED) is 0.610. The molecule has 0 radical (unpaired) electrons. The number of anilines is 1. The van der Waals surface area contributed by atoms with Gasteiger partial charge < -0.3 is 5.32 Å². The lowest BCUT2D eigenvalue weighted by atomic mass is 9.87. The Balaban J connectivity index is 1.85. The average molecular weight is 432 g/mol. The molecule has 28 heavy (non-hydrogen) atoms. The van der Waals surface area contributed by atoms with Crippen molar-refractivity contribution in [1.82, 2.24) is 0 Å². The first kappa shape index (κ1) is 19.2. The van der Waals surface area contributed by atoms with Gasteiger partial charge in [0.25, 0.3) is 0 Å². The van der Waals surface area contributed by atoms with Crippen molar-refractivity contribution in [2.24, 2.45) is 0 Å². The Morgan fingerprint density at radius 3 is 2.54 bits per heavy atom. The lowest BCUT2D eigenvalue weighted by Gasteiger charge is -2.25. The number of thiophene rings is 1. The highest BCUT2D eigenvalue weighted by atomic mass is 35.5. The minimum Gasteiger partial charge on any atom is -0.324 e. The zero-order chi connectivity index (χ0) is 20.1. The van der Waals surface area contributed by atoms with E-state index < -0.39 is 9.84 Å². The lowest BCUT2D eigenvalue weighted by Crippen LogP contribution is -2.24. The highest BCUT2D eigenvalue weighted by molar-refractivity contribution is 7.91. The van der Waals surface area contributed by atoms with Crippen molar-refractivity contribution in [3.63, 3.8) is 0 Å². The molecule has 1 aliphatic heterocycles. The summed E-state index contributed by atoms with van der Waals surface area (Å²) in [5.41, 5.74) is 3.67. The molecule has 2 aromatic carbocycles. The third-order valence-electron chi connectivity index (χ3n) is 4.98. The molecule has 3 aromatic rings. The molecule has 0 bridgehead atoms. The van der Waals surface area contributed by atoms with Gasteiger partial charge in [-0.3, -0.25) is 4.79 Å². The number of nitrogens with one attached hydrogen (secondary N) is 1. The van der Waals surface area contributed by atoms with Crippen molar-refractivity contribution in [2.45, 2.75) is 36.0 Å². The highest BCUT2D eigenvalue weighted by Gasteiger charge is 2.34. The van der Waals surface area contributed by atoms with Crippen LogP contribution in [0.15, 0.2) is 57.6 Å². The lowest BCUT2D eigenvalue weighted by molar-refractivity contribution is -0.116. The van der Waals surface area contributed by atoms with E-state index in [2.05, 4.69) is 11.4 Å². The zero-order valence-electron chi connectivity index (χ0n) is 15.3. The molecular formula is C21H18ClNO3S2. The molecule has 0 spiro atoms. The number of amides is 1. The van der Waals surface area contributed by atoms with Crippen LogP contribution in [0.5, 0.6) is 0 Å². The molecule has 0 saturated heterocycles. The van der Waals surface area contributed by atoms with Gasteiger partial charge in [-0.2, -0.15) is 0 Å². The second-order valence-electron chi connectivity index (χ2n) is 6.96. The number of halogens is 1. The molecule has 2 heterocycles. The summed E-state index contributed by atoms with van der Waals surface area (Å²) in [6.45, 7) is 4.03. The fourth-order valence-electron chi connectivity index (χ4n) is 3.53. The van der Waals surface area contributed by atoms with Gasteiger partial charge in [-0.05, 0) is 49.2 Å². The van der Waals surface area contributed by atoms with Crippen LogP contribution in [0.4, 0.5) is 5.69 Å². The summed E-state index contributed by atoms with van der Waals surface area (Å²) >= 11 is 7.26. The third kappa shape index (κ3) is 3.26. The Labute approximate surface area is 173 Å². The molecule has 0 fully saturated rings. The first-order valence-corrected chi connectivity index (χ1v) is 11.5. The fraction of sp³-hybridized carbons (Fsp3) is 0.190. The number of rotatable bonds is 3. The Kier molecular flexibility index (Phi) is 4.81. The zero-order valence-corrected chi connectivity index (χ0v) is 17.7. The molecule has 1 N–H and O–H groups in total.